The summed E-state index contributed by atoms with van der Waals surface area (Å²) in [6, 6.07) is 0. The van der Waals surface area contributed by atoms with Gasteiger partial charge < -0.3 is 39.9 Å². The Morgan fingerprint density at radius 2 is 0.937 bits per heavy atom. The van der Waals surface area contributed by atoms with Crippen LogP contribution < -0.4 is 0 Å². The lowest BCUT2D eigenvalue weighted by Crippen LogP contribution is -2.64. The average Bonchev–Trinajstić information content (AvgIpc) is 3.27. The predicted molar refractivity (Wildman–Crippen MR) is 253 cm³/mol. The number of aliphatic hydroxyl groups is 5. The fourth-order valence-corrected chi connectivity index (χ4v) is 8.50. The minimum atomic E-state index is -5.02. The molecule has 0 saturated heterocycles. The molecule has 0 aromatic carbocycles. The second kappa shape index (κ2) is 40.6. The fourth-order valence-electron chi connectivity index (χ4n) is 7.52. The van der Waals surface area contributed by atoms with Crippen molar-refractivity contribution >= 4 is 13.8 Å². The number of carbonyl (C=O) groups is 1. The van der Waals surface area contributed by atoms with E-state index in [4.69, 9.17) is 18.5 Å². The maximum atomic E-state index is 12.8. The number of ether oxygens (including phenoxy) is 2. The third kappa shape index (κ3) is 32.6. The molecule has 1 aliphatic rings. The number of phosphoric ester groups is 1. The van der Waals surface area contributed by atoms with Crippen molar-refractivity contribution in [2.24, 2.45) is 0 Å². The summed E-state index contributed by atoms with van der Waals surface area (Å²) < 4.78 is 34.3. The molecule has 63 heavy (non-hydrogen) atoms. The Morgan fingerprint density at radius 1 is 0.524 bits per heavy atom. The van der Waals surface area contributed by atoms with Crippen LogP contribution in [0.25, 0.3) is 0 Å². The third-order valence-corrected chi connectivity index (χ3v) is 12.5. The number of allylic oxidation sites excluding steroid dienone is 8. The van der Waals surface area contributed by atoms with Crippen LogP contribution in [-0.4, -0.2) is 98.9 Å². The molecule has 0 bridgehead atoms. The van der Waals surface area contributed by atoms with Crippen LogP contribution >= 0.6 is 7.82 Å². The molecule has 0 radical (unpaired) electrons. The molecule has 6 unspecified atom stereocenters. The van der Waals surface area contributed by atoms with E-state index in [0.29, 0.717) is 13.0 Å². The van der Waals surface area contributed by atoms with Gasteiger partial charge in [0.05, 0.1) is 13.2 Å². The van der Waals surface area contributed by atoms with Gasteiger partial charge >= 0.3 is 13.8 Å². The van der Waals surface area contributed by atoms with E-state index in [1.54, 1.807) is 0 Å². The largest absolute Gasteiger partial charge is 0.472 e. The van der Waals surface area contributed by atoms with Crippen molar-refractivity contribution in [3.8, 4) is 0 Å². The Hall–Kier alpha value is -1.70. The van der Waals surface area contributed by atoms with Gasteiger partial charge in [-0.25, -0.2) is 4.57 Å². The van der Waals surface area contributed by atoms with E-state index in [2.05, 4.69) is 62.5 Å². The summed E-state index contributed by atoms with van der Waals surface area (Å²) in [5.41, 5.74) is 0. The molecule has 0 heterocycles. The Morgan fingerprint density at radius 3 is 1.43 bits per heavy atom. The van der Waals surface area contributed by atoms with Crippen molar-refractivity contribution in [1.29, 1.82) is 0 Å². The van der Waals surface area contributed by atoms with Crippen molar-refractivity contribution in [3.05, 3.63) is 48.6 Å². The number of phosphoric acid groups is 1. The van der Waals surface area contributed by atoms with Gasteiger partial charge in [0.1, 0.15) is 42.7 Å². The Labute approximate surface area is 382 Å². The highest BCUT2D eigenvalue weighted by molar-refractivity contribution is 7.47. The molecule has 1 fully saturated rings. The normalized spacial score (nSPS) is 22.2. The van der Waals surface area contributed by atoms with E-state index in [0.717, 1.165) is 77.0 Å². The molecule has 6 atom stereocenters. The van der Waals surface area contributed by atoms with Crippen LogP contribution in [0, 0.1) is 0 Å². The van der Waals surface area contributed by atoms with Crippen molar-refractivity contribution in [2.75, 3.05) is 19.8 Å². The number of carbonyl (C=O) groups excluding carboxylic acids is 1. The summed E-state index contributed by atoms with van der Waals surface area (Å²) in [6.45, 7) is 4.15. The van der Waals surface area contributed by atoms with Gasteiger partial charge in [-0.15, -0.1) is 0 Å². The summed E-state index contributed by atoms with van der Waals surface area (Å²) >= 11 is 0. The summed E-state index contributed by atoms with van der Waals surface area (Å²) in [7, 11) is -5.02. The van der Waals surface area contributed by atoms with Gasteiger partial charge in [-0.1, -0.05) is 191 Å². The molecule has 13 heteroatoms. The number of hydrogen-bond acceptors (Lipinski definition) is 11. The maximum Gasteiger partial charge on any atom is 0.472 e. The van der Waals surface area contributed by atoms with Crippen LogP contribution in [0.4, 0.5) is 0 Å². The van der Waals surface area contributed by atoms with E-state index in [1.165, 1.54) is 96.3 Å². The monoisotopic (exact) mass is 915 g/mol. The van der Waals surface area contributed by atoms with Crippen molar-refractivity contribution in [3.63, 3.8) is 0 Å². The Kier molecular flexibility index (Phi) is 38.2. The molecular weight excluding hydrogens is 824 g/mol. The first-order valence-electron chi connectivity index (χ1n) is 25.0. The van der Waals surface area contributed by atoms with Crippen LogP contribution in [0.15, 0.2) is 48.6 Å². The van der Waals surface area contributed by atoms with Gasteiger partial charge in [0.25, 0.3) is 0 Å². The van der Waals surface area contributed by atoms with E-state index >= 15 is 0 Å². The van der Waals surface area contributed by atoms with Crippen LogP contribution in [0.2, 0.25) is 0 Å². The average molecular weight is 915 g/mol. The lowest BCUT2D eigenvalue weighted by atomic mass is 9.85. The topological polar surface area (TPSA) is 192 Å². The first-order valence-corrected chi connectivity index (χ1v) is 26.5. The van der Waals surface area contributed by atoms with Crippen molar-refractivity contribution < 1.29 is 58.3 Å². The summed E-state index contributed by atoms with van der Waals surface area (Å²) in [5.74, 6) is -0.479. The van der Waals surface area contributed by atoms with Crippen LogP contribution in [0.1, 0.15) is 200 Å². The van der Waals surface area contributed by atoms with Gasteiger partial charge in [0.2, 0.25) is 0 Å². The van der Waals surface area contributed by atoms with Crippen molar-refractivity contribution in [1.82, 2.24) is 0 Å². The first-order chi connectivity index (χ1) is 30.5. The van der Waals surface area contributed by atoms with Crippen LogP contribution in [-0.2, 0) is 27.9 Å². The lowest BCUT2D eigenvalue weighted by Gasteiger charge is -2.41. The standard InChI is InChI=1S/C50H91O12P/c1-3-5-7-9-11-13-15-17-19-20-21-22-23-24-25-26-28-30-32-34-36-38-40-59-41-43(42-60-63(57,58)62-50-48(55)46(53)45(52)47(54)49(50)56)61-44(51)39-37-35-33-31-29-27-18-16-14-12-10-8-6-4-2/h5,7,11,13,17,19,21-22,43,45-50,52-56H,3-4,6,8-10,12,14-16,18,20,23-42H2,1-2H3,(H,57,58)/b7-5-,13-11-,19-17-,22-21-. The van der Waals surface area contributed by atoms with E-state index in [9.17, 15) is 39.8 Å². The van der Waals surface area contributed by atoms with E-state index < -0.39 is 63.1 Å². The Balaban J connectivity index is 2.34. The first kappa shape index (κ1) is 59.3. The second-order valence-corrected chi connectivity index (χ2v) is 18.7. The van der Waals surface area contributed by atoms with Gasteiger partial charge in [-0.05, 0) is 51.4 Å². The Bertz CT molecular complexity index is 1230. The van der Waals surface area contributed by atoms with E-state index in [1.807, 2.05) is 0 Å². The minimum absolute atomic E-state index is 0.0797. The molecule has 0 spiro atoms. The molecule has 0 aromatic rings. The zero-order valence-corrected chi connectivity index (χ0v) is 40.3. The second-order valence-electron chi connectivity index (χ2n) is 17.3. The number of unbranched alkanes of at least 4 members (excludes halogenated alkanes) is 22. The number of hydrogen-bond donors (Lipinski definition) is 6. The van der Waals surface area contributed by atoms with Gasteiger partial charge in [0, 0.05) is 13.0 Å². The van der Waals surface area contributed by atoms with E-state index in [-0.39, 0.29) is 13.0 Å². The smallest absolute Gasteiger partial charge is 0.457 e. The highest BCUT2D eigenvalue weighted by Crippen LogP contribution is 2.47. The molecule has 12 nitrogen and oxygen atoms in total. The maximum absolute atomic E-state index is 12.8. The molecule has 0 aromatic heterocycles. The molecule has 1 rings (SSSR count). The molecule has 0 aliphatic heterocycles. The summed E-state index contributed by atoms with van der Waals surface area (Å²) in [6.07, 6.45) is 37.5. The quantitative estimate of drug-likeness (QED) is 0.0147. The highest BCUT2D eigenvalue weighted by atomic mass is 31.2. The molecule has 1 saturated carbocycles. The number of rotatable bonds is 42. The van der Waals surface area contributed by atoms with Gasteiger partial charge in [-0.3, -0.25) is 13.8 Å². The van der Waals surface area contributed by atoms with Gasteiger partial charge in [0.15, 0.2) is 0 Å². The molecule has 0 amide bonds. The molecule has 1 aliphatic carbocycles. The van der Waals surface area contributed by atoms with Crippen molar-refractivity contribution in [2.45, 2.75) is 243 Å². The lowest BCUT2D eigenvalue weighted by molar-refractivity contribution is -0.220. The summed E-state index contributed by atoms with van der Waals surface area (Å²) in [4.78, 5) is 23.2. The minimum Gasteiger partial charge on any atom is -0.457 e. The number of esters is 1. The van der Waals surface area contributed by atoms with Gasteiger partial charge in [-0.2, -0.15) is 0 Å². The summed E-state index contributed by atoms with van der Waals surface area (Å²) in [5, 5.41) is 50.2. The molecule has 368 valence electrons. The fraction of sp³-hybridized carbons (Fsp3) is 0.820. The highest BCUT2D eigenvalue weighted by Gasteiger charge is 2.51. The van der Waals surface area contributed by atoms with Crippen LogP contribution in [0.5, 0.6) is 0 Å². The predicted octanol–water partition coefficient (Wildman–Crippen LogP) is 10.8. The zero-order chi connectivity index (χ0) is 46.2. The van der Waals surface area contributed by atoms with Crippen LogP contribution in [0.3, 0.4) is 0 Å². The zero-order valence-electron chi connectivity index (χ0n) is 39.4. The third-order valence-electron chi connectivity index (χ3n) is 11.5. The molecular formula is C50H91O12P. The molecule has 6 N–H and O–H groups in total. The number of aliphatic hydroxyl groups excluding tert-OH is 5. The SMILES string of the molecule is CC/C=C\C/C=C\C/C=C\C/C=C\CCCCCCCCCCCOCC(COP(=O)(O)OC1C(O)C(O)C(O)C(O)C1O)OC(=O)CCCCCCCCCCCCCCCC.